The summed E-state index contributed by atoms with van der Waals surface area (Å²) in [5.74, 6) is -1.39. The van der Waals surface area contributed by atoms with Gasteiger partial charge in [-0.25, -0.2) is 0 Å². The highest BCUT2D eigenvalue weighted by molar-refractivity contribution is 6.45. The molecule has 0 saturated heterocycles. The van der Waals surface area contributed by atoms with E-state index in [0.29, 0.717) is 18.8 Å². The van der Waals surface area contributed by atoms with E-state index in [1.807, 2.05) is 20.8 Å². The summed E-state index contributed by atoms with van der Waals surface area (Å²) in [4.78, 5) is 35.1. The SMILES string of the molecule is CC(C)=C[C@H](C)C[C@H](C)C=CC(=O)NC1=C[C@](O)(CCCCC(=O)O)C=C(Cl)C1=O. The second-order valence-electron chi connectivity index (χ2n) is 8.25. The van der Waals surface area contributed by atoms with Crippen LogP contribution in [0, 0.1) is 11.8 Å². The minimum Gasteiger partial charge on any atom is -0.481 e. The second kappa shape index (κ2) is 11.9. The van der Waals surface area contributed by atoms with Crippen molar-refractivity contribution in [2.45, 2.75) is 65.4 Å². The Morgan fingerprint density at radius 2 is 1.87 bits per heavy atom. The first-order valence-electron chi connectivity index (χ1n) is 10.2. The third-order valence-corrected chi connectivity index (χ3v) is 4.93. The van der Waals surface area contributed by atoms with Gasteiger partial charge in [0.25, 0.3) is 0 Å². The van der Waals surface area contributed by atoms with Crippen molar-refractivity contribution in [2.24, 2.45) is 11.8 Å². The van der Waals surface area contributed by atoms with E-state index in [-0.39, 0.29) is 29.5 Å². The van der Waals surface area contributed by atoms with Crippen molar-refractivity contribution < 1.29 is 24.6 Å². The largest absolute Gasteiger partial charge is 0.481 e. The normalized spacial score (nSPS) is 20.9. The molecule has 1 rings (SSSR count). The Hall–Kier alpha value is -2.18. The smallest absolute Gasteiger partial charge is 0.303 e. The fourth-order valence-electron chi connectivity index (χ4n) is 3.42. The molecule has 0 aromatic heterocycles. The van der Waals surface area contributed by atoms with Crippen molar-refractivity contribution in [1.29, 1.82) is 0 Å². The monoisotopic (exact) mass is 437 g/mol. The molecule has 3 atom stereocenters. The highest BCUT2D eigenvalue weighted by Gasteiger charge is 2.31. The van der Waals surface area contributed by atoms with Crippen LogP contribution < -0.4 is 5.32 Å². The number of Topliss-reactive ketones (excluding diaryl/α,β-unsaturated/α-hetero) is 1. The number of amides is 1. The molecule has 0 aromatic rings. The fraction of sp³-hybridized carbons (Fsp3) is 0.522. The number of allylic oxidation sites excluding steroid dienone is 4. The average molecular weight is 438 g/mol. The van der Waals surface area contributed by atoms with Gasteiger partial charge in [0.1, 0.15) is 5.60 Å². The van der Waals surface area contributed by atoms with Crippen LogP contribution >= 0.6 is 11.6 Å². The van der Waals surface area contributed by atoms with Crippen LogP contribution in [0.4, 0.5) is 0 Å². The Balaban J connectivity index is 2.73. The third kappa shape index (κ3) is 9.55. The van der Waals surface area contributed by atoms with Crippen molar-refractivity contribution >= 4 is 29.3 Å². The predicted octanol–water partition coefficient (Wildman–Crippen LogP) is 4.25. The lowest BCUT2D eigenvalue weighted by Gasteiger charge is -2.26. The maximum Gasteiger partial charge on any atom is 0.303 e. The maximum atomic E-state index is 12.3. The number of hydrogen-bond donors (Lipinski definition) is 3. The Morgan fingerprint density at radius 1 is 1.20 bits per heavy atom. The molecule has 0 heterocycles. The lowest BCUT2D eigenvalue weighted by molar-refractivity contribution is -0.137. The summed E-state index contributed by atoms with van der Waals surface area (Å²) in [5, 5.41) is 21.7. The average Bonchev–Trinajstić information content (AvgIpc) is 2.60. The molecular weight excluding hydrogens is 406 g/mol. The maximum absolute atomic E-state index is 12.3. The van der Waals surface area contributed by atoms with Crippen LogP contribution in [-0.4, -0.2) is 33.5 Å². The number of carboxylic acids is 1. The Bertz CT molecular complexity index is 776. The van der Waals surface area contributed by atoms with Gasteiger partial charge in [-0.2, -0.15) is 0 Å². The molecule has 0 unspecified atom stereocenters. The van der Waals surface area contributed by atoms with Gasteiger partial charge in [-0.05, 0) is 69.6 Å². The lowest BCUT2D eigenvalue weighted by atomic mass is 9.89. The predicted molar refractivity (Wildman–Crippen MR) is 118 cm³/mol. The molecule has 3 N–H and O–H groups in total. The number of halogens is 1. The molecule has 0 radical (unpaired) electrons. The van der Waals surface area contributed by atoms with E-state index in [4.69, 9.17) is 16.7 Å². The van der Waals surface area contributed by atoms with E-state index in [2.05, 4.69) is 18.3 Å². The minimum atomic E-state index is -1.51. The van der Waals surface area contributed by atoms with Crippen molar-refractivity contribution in [3.63, 3.8) is 0 Å². The van der Waals surface area contributed by atoms with Crippen LogP contribution in [-0.2, 0) is 14.4 Å². The Labute approximate surface area is 183 Å². The number of unbranched alkanes of at least 4 members (excludes halogenated alkanes) is 1. The van der Waals surface area contributed by atoms with Gasteiger partial charge in [0.05, 0.1) is 10.7 Å². The van der Waals surface area contributed by atoms with Crippen molar-refractivity contribution in [1.82, 2.24) is 5.32 Å². The molecule has 1 aliphatic rings. The van der Waals surface area contributed by atoms with Crippen LogP contribution in [0.5, 0.6) is 0 Å². The van der Waals surface area contributed by atoms with E-state index in [9.17, 15) is 19.5 Å². The number of carboxylic acid groups (broad SMARTS) is 1. The molecule has 0 fully saturated rings. The molecular formula is C23H32ClNO5. The van der Waals surface area contributed by atoms with E-state index >= 15 is 0 Å². The Morgan fingerprint density at radius 3 is 2.47 bits per heavy atom. The molecule has 1 aliphatic carbocycles. The van der Waals surface area contributed by atoms with Gasteiger partial charge >= 0.3 is 5.97 Å². The Kier molecular flexibility index (Phi) is 10.2. The first-order chi connectivity index (χ1) is 13.9. The number of nitrogens with one attached hydrogen (secondary N) is 1. The molecule has 30 heavy (non-hydrogen) atoms. The molecule has 0 saturated carbocycles. The first-order valence-corrected chi connectivity index (χ1v) is 10.5. The minimum absolute atomic E-state index is 0.00498. The topological polar surface area (TPSA) is 104 Å². The van der Waals surface area contributed by atoms with Gasteiger partial charge in [-0.15, -0.1) is 0 Å². The van der Waals surface area contributed by atoms with Crippen molar-refractivity contribution in [3.05, 3.63) is 46.7 Å². The second-order valence-corrected chi connectivity index (χ2v) is 8.66. The summed E-state index contributed by atoms with van der Waals surface area (Å²) < 4.78 is 0. The zero-order valence-electron chi connectivity index (χ0n) is 18.1. The van der Waals surface area contributed by atoms with E-state index in [1.165, 1.54) is 23.8 Å². The highest BCUT2D eigenvalue weighted by Crippen LogP contribution is 2.28. The van der Waals surface area contributed by atoms with Crippen molar-refractivity contribution in [2.75, 3.05) is 0 Å². The number of carbonyl (C=O) groups is 3. The molecule has 0 aromatic carbocycles. The molecule has 0 bridgehead atoms. The lowest BCUT2D eigenvalue weighted by Crippen LogP contribution is -2.35. The molecule has 6 nitrogen and oxygen atoms in total. The number of ketones is 1. The number of hydrogen-bond acceptors (Lipinski definition) is 4. The summed E-state index contributed by atoms with van der Waals surface area (Å²) in [6.45, 7) is 8.23. The highest BCUT2D eigenvalue weighted by atomic mass is 35.5. The molecule has 0 aliphatic heterocycles. The summed E-state index contributed by atoms with van der Waals surface area (Å²) >= 11 is 5.96. The van der Waals surface area contributed by atoms with Gasteiger partial charge < -0.3 is 15.5 Å². The summed E-state index contributed by atoms with van der Waals surface area (Å²) in [6, 6.07) is 0. The zero-order chi connectivity index (χ0) is 22.9. The standard InChI is InChI=1S/C23H32ClNO5/c1-15(2)11-17(4)12-16(3)8-9-20(26)25-19-14-23(30,13-18(24)22(19)29)10-6-5-7-21(27)28/h8-9,11,13-14,16-17,30H,5-7,10,12H2,1-4H3,(H,25,26)(H,27,28)/t16-,17+,23+/m1/s1. The third-order valence-electron chi connectivity index (χ3n) is 4.65. The van der Waals surface area contributed by atoms with E-state index < -0.39 is 23.3 Å². The summed E-state index contributed by atoms with van der Waals surface area (Å²) in [7, 11) is 0. The fourth-order valence-corrected chi connectivity index (χ4v) is 3.71. The van der Waals surface area contributed by atoms with Gasteiger partial charge in [0.2, 0.25) is 11.7 Å². The summed E-state index contributed by atoms with van der Waals surface area (Å²) in [6.07, 6.45) is 9.75. The number of carbonyl (C=O) groups excluding carboxylic acids is 2. The molecule has 0 spiro atoms. The van der Waals surface area contributed by atoms with Gasteiger partial charge in [0.15, 0.2) is 0 Å². The van der Waals surface area contributed by atoms with E-state index in [1.54, 1.807) is 6.08 Å². The van der Waals surface area contributed by atoms with Gasteiger partial charge in [-0.3, -0.25) is 14.4 Å². The van der Waals surface area contributed by atoms with Gasteiger partial charge in [-0.1, -0.05) is 43.2 Å². The van der Waals surface area contributed by atoms with E-state index in [0.717, 1.165) is 6.42 Å². The molecule has 7 heteroatoms. The number of aliphatic hydroxyl groups is 1. The molecule has 166 valence electrons. The van der Waals surface area contributed by atoms with Crippen LogP contribution in [0.25, 0.3) is 0 Å². The van der Waals surface area contributed by atoms with Gasteiger partial charge in [0, 0.05) is 6.42 Å². The first kappa shape index (κ1) is 25.9. The molecule has 1 amide bonds. The summed E-state index contributed by atoms with van der Waals surface area (Å²) in [5.41, 5.74) is -0.342. The van der Waals surface area contributed by atoms with Crippen LogP contribution in [0.2, 0.25) is 0 Å². The number of aliphatic carboxylic acids is 1. The van der Waals surface area contributed by atoms with Crippen molar-refractivity contribution in [3.8, 4) is 0 Å². The number of rotatable bonds is 11. The van der Waals surface area contributed by atoms with Crippen LogP contribution in [0.3, 0.4) is 0 Å². The van der Waals surface area contributed by atoms with Crippen LogP contribution in [0.15, 0.2) is 46.7 Å². The zero-order valence-corrected chi connectivity index (χ0v) is 18.8. The quantitative estimate of drug-likeness (QED) is 0.254. The van der Waals surface area contributed by atoms with Crippen LogP contribution in [0.1, 0.15) is 59.8 Å².